The van der Waals surface area contributed by atoms with Crippen molar-refractivity contribution >= 4 is 41.0 Å². The van der Waals surface area contributed by atoms with Crippen LogP contribution in [-0.4, -0.2) is 41.9 Å². The Bertz CT molecular complexity index is 880. The van der Waals surface area contributed by atoms with E-state index in [1.165, 1.54) is 13.0 Å². The monoisotopic (exact) mass is 407 g/mol. The summed E-state index contributed by atoms with van der Waals surface area (Å²) in [5.41, 5.74) is 0.700. The average Bonchev–Trinajstić information content (AvgIpc) is 2.89. The van der Waals surface area contributed by atoms with E-state index < -0.39 is 23.9 Å². The van der Waals surface area contributed by atoms with Gasteiger partial charge in [-0.2, -0.15) is 0 Å². The standard InChI is InChI=1S/C19H15Cl2NO5/c1-11(27-16-7-6-12(20)10-15(16)21)19(25)26-9-8-22-17(23)13-4-2-3-5-14(13)18(22)24/h2-7,10-11H,8-9H2,1H3/t11-/m1/s1. The number of carbonyl (C=O) groups is 3. The maximum absolute atomic E-state index is 12.2. The molecule has 0 saturated carbocycles. The molecule has 0 unspecified atom stereocenters. The molecule has 1 heterocycles. The second-order valence-corrected chi connectivity index (χ2v) is 6.65. The fourth-order valence-electron chi connectivity index (χ4n) is 2.61. The van der Waals surface area contributed by atoms with Crippen LogP contribution in [-0.2, 0) is 9.53 Å². The highest BCUT2D eigenvalue weighted by atomic mass is 35.5. The molecule has 0 aliphatic carbocycles. The summed E-state index contributed by atoms with van der Waals surface area (Å²) in [6, 6.07) is 11.2. The summed E-state index contributed by atoms with van der Waals surface area (Å²) >= 11 is 11.8. The van der Waals surface area contributed by atoms with Crippen molar-refractivity contribution in [2.75, 3.05) is 13.2 Å². The molecular weight excluding hydrogens is 393 g/mol. The van der Waals surface area contributed by atoms with Crippen molar-refractivity contribution in [3.63, 3.8) is 0 Å². The molecule has 0 N–H and O–H groups in total. The molecule has 6 nitrogen and oxygen atoms in total. The van der Waals surface area contributed by atoms with Gasteiger partial charge in [0, 0.05) is 5.02 Å². The van der Waals surface area contributed by atoms with Crippen molar-refractivity contribution in [3.8, 4) is 5.75 Å². The van der Waals surface area contributed by atoms with Crippen LogP contribution in [0, 0.1) is 0 Å². The van der Waals surface area contributed by atoms with E-state index in [2.05, 4.69) is 0 Å². The molecule has 0 fully saturated rings. The summed E-state index contributed by atoms with van der Waals surface area (Å²) in [4.78, 5) is 37.6. The summed E-state index contributed by atoms with van der Waals surface area (Å²) < 4.78 is 10.6. The molecule has 0 aromatic heterocycles. The molecule has 1 aliphatic rings. The Kier molecular flexibility index (Phi) is 5.68. The lowest BCUT2D eigenvalue weighted by Crippen LogP contribution is -2.35. The smallest absolute Gasteiger partial charge is 0.347 e. The van der Waals surface area contributed by atoms with E-state index in [0.717, 1.165) is 4.90 Å². The first-order chi connectivity index (χ1) is 12.9. The number of imide groups is 1. The summed E-state index contributed by atoms with van der Waals surface area (Å²) in [6.07, 6.45) is -0.925. The fourth-order valence-corrected chi connectivity index (χ4v) is 3.06. The minimum atomic E-state index is -0.925. The first-order valence-electron chi connectivity index (χ1n) is 8.12. The predicted octanol–water partition coefficient (Wildman–Crippen LogP) is 3.60. The number of hydrogen-bond acceptors (Lipinski definition) is 5. The number of ether oxygens (including phenoxy) is 2. The Morgan fingerprint density at radius 3 is 2.30 bits per heavy atom. The summed E-state index contributed by atoms with van der Waals surface area (Å²) in [6.45, 7) is 1.34. The number of amides is 2. The van der Waals surface area contributed by atoms with Gasteiger partial charge in [-0.15, -0.1) is 0 Å². The van der Waals surface area contributed by atoms with E-state index in [9.17, 15) is 14.4 Å². The van der Waals surface area contributed by atoms with Gasteiger partial charge < -0.3 is 9.47 Å². The Balaban J connectivity index is 1.52. The molecule has 8 heteroatoms. The van der Waals surface area contributed by atoms with Gasteiger partial charge in [-0.25, -0.2) is 4.79 Å². The third kappa shape index (κ3) is 4.07. The second-order valence-electron chi connectivity index (χ2n) is 5.81. The van der Waals surface area contributed by atoms with E-state index in [1.807, 2.05) is 0 Å². The van der Waals surface area contributed by atoms with Crippen LogP contribution >= 0.6 is 23.2 Å². The number of rotatable bonds is 6. The van der Waals surface area contributed by atoms with E-state index in [1.54, 1.807) is 36.4 Å². The van der Waals surface area contributed by atoms with Crippen LogP contribution in [0.4, 0.5) is 0 Å². The Labute approximate surface area is 165 Å². The number of esters is 1. The van der Waals surface area contributed by atoms with E-state index in [-0.39, 0.29) is 18.2 Å². The summed E-state index contributed by atoms with van der Waals surface area (Å²) in [5, 5.41) is 0.719. The molecular formula is C19H15Cl2NO5. The van der Waals surface area contributed by atoms with Crippen molar-refractivity contribution in [1.82, 2.24) is 4.90 Å². The zero-order valence-electron chi connectivity index (χ0n) is 14.3. The van der Waals surface area contributed by atoms with E-state index in [0.29, 0.717) is 21.9 Å². The normalized spacial score (nSPS) is 14.1. The second kappa shape index (κ2) is 7.98. The van der Waals surface area contributed by atoms with E-state index >= 15 is 0 Å². The largest absolute Gasteiger partial charge is 0.477 e. The molecule has 2 aromatic carbocycles. The van der Waals surface area contributed by atoms with Gasteiger partial charge in [-0.05, 0) is 37.3 Å². The van der Waals surface area contributed by atoms with Crippen molar-refractivity contribution in [3.05, 3.63) is 63.6 Å². The maximum Gasteiger partial charge on any atom is 0.347 e. The molecule has 27 heavy (non-hydrogen) atoms. The number of benzene rings is 2. The van der Waals surface area contributed by atoms with Gasteiger partial charge in [0.2, 0.25) is 0 Å². The maximum atomic E-state index is 12.2. The third-order valence-corrected chi connectivity index (χ3v) is 4.50. The fraction of sp³-hybridized carbons (Fsp3) is 0.211. The van der Waals surface area contributed by atoms with Crippen LogP contribution < -0.4 is 4.74 Å². The zero-order valence-corrected chi connectivity index (χ0v) is 15.8. The van der Waals surface area contributed by atoms with Gasteiger partial charge >= 0.3 is 5.97 Å². The number of fused-ring (bicyclic) bond motifs is 1. The van der Waals surface area contributed by atoms with Crippen LogP contribution in [0.3, 0.4) is 0 Å². The SMILES string of the molecule is C[C@@H](Oc1ccc(Cl)cc1Cl)C(=O)OCCN1C(=O)c2ccccc2C1=O. The highest BCUT2D eigenvalue weighted by Gasteiger charge is 2.35. The van der Waals surface area contributed by atoms with E-state index in [4.69, 9.17) is 32.7 Å². The molecule has 140 valence electrons. The molecule has 0 saturated heterocycles. The molecule has 1 aliphatic heterocycles. The van der Waals surface area contributed by atoms with Crippen molar-refractivity contribution < 1.29 is 23.9 Å². The van der Waals surface area contributed by atoms with Crippen LogP contribution in [0.1, 0.15) is 27.6 Å². The molecule has 2 aromatic rings. The van der Waals surface area contributed by atoms with Crippen LogP contribution in [0.2, 0.25) is 10.0 Å². The van der Waals surface area contributed by atoms with Gasteiger partial charge in [0.15, 0.2) is 6.10 Å². The van der Waals surface area contributed by atoms with Gasteiger partial charge in [0.25, 0.3) is 11.8 Å². The van der Waals surface area contributed by atoms with Gasteiger partial charge in [0.05, 0.1) is 22.7 Å². The predicted molar refractivity (Wildman–Crippen MR) is 99.3 cm³/mol. The topological polar surface area (TPSA) is 72.9 Å². The molecule has 0 spiro atoms. The number of carbonyl (C=O) groups excluding carboxylic acids is 3. The average molecular weight is 408 g/mol. The van der Waals surface area contributed by atoms with Crippen LogP contribution in [0.5, 0.6) is 5.75 Å². The van der Waals surface area contributed by atoms with Gasteiger partial charge in [-0.3, -0.25) is 14.5 Å². The lowest BCUT2D eigenvalue weighted by atomic mass is 10.1. The molecule has 1 atom stereocenters. The lowest BCUT2D eigenvalue weighted by molar-refractivity contribution is -0.151. The number of hydrogen-bond donors (Lipinski definition) is 0. The molecule has 0 bridgehead atoms. The van der Waals surface area contributed by atoms with Crippen LogP contribution in [0.25, 0.3) is 0 Å². The van der Waals surface area contributed by atoms with Crippen LogP contribution in [0.15, 0.2) is 42.5 Å². The zero-order chi connectivity index (χ0) is 19.6. The summed E-state index contributed by atoms with van der Waals surface area (Å²) in [5.74, 6) is -1.14. The minimum absolute atomic E-state index is 0.0352. The minimum Gasteiger partial charge on any atom is -0.477 e. The Morgan fingerprint density at radius 2 is 1.70 bits per heavy atom. The molecule has 3 rings (SSSR count). The van der Waals surface area contributed by atoms with Crippen molar-refractivity contribution in [2.24, 2.45) is 0 Å². The van der Waals surface area contributed by atoms with Crippen molar-refractivity contribution in [2.45, 2.75) is 13.0 Å². The summed E-state index contributed by atoms with van der Waals surface area (Å²) in [7, 11) is 0. The first kappa shape index (κ1) is 19.2. The molecule has 2 amide bonds. The van der Waals surface area contributed by atoms with Gasteiger partial charge in [0.1, 0.15) is 12.4 Å². The van der Waals surface area contributed by atoms with Gasteiger partial charge in [-0.1, -0.05) is 35.3 Å². The highest BCUT2D eigenvalue weighted by Crippen LogP contribution is 2.28. The quantitative estimate of drug-likeness (QED) is 0.540. The third-order valence-electron chi connectivity index (χ3n) is 3.97. The van der Waals surface area contributed by atoms with Crippen molar-refractivity contribution in [1.29, 1.82) is 0 Å². The Hall–Kier alpha value is -2.57. The Morgan fingerprint density at radius 1 is 1.07 bits per heavy atom. The number of halogens is 2. The highest BCUT2D eigenvalue weighted by molar-refractivity contribution is 6.35. The molecule has 0 radical (unpaired) electrons. The lowest BCUT2D eigenvalue weighted by Gasteiger charge is -2.17. The first-order valence-corrected chi connectivity index (χ1v) is 8.87. The number of nitrogens with zero attached hydrogens (tertiary/aromatic N) is 1.